The highest BCUT2D eigenvalue weighted by Gasteiger charge is 2.66. The van der Waals surface area contributed by atoms with Crippen molar-refractivity contribution in [2.24, 2.45) is 28.1 Å². The molecule has 0 aromatic heterocycles. The molecule has 5 rings (SSSR count). The normalized spacial score (nSPS) is 32.1. The van der Waals surface area contributed by atoms with Crippen LogP contribution in [0.2, 0.25) is 0 Å². The minimum Gasteiger partial charge on any atom is -0.0999 e. The van der Waals surface area contributed by atoms with Gasteiger partial charge >= 0.3 is 0 Å². The average Bonchev–Trinajstić information content (AvgIpc) is 3.48. The number of hydrogen-bond donors (Lipinski definition) is 0. The van der Waals surface area contributed by atoms with Gasteiger partial charge in [0.05, 0.1) is 0 Å². The Labute approximate surface area is 278 Å². The Hall–Kier alpha value is -2.34. The van der Waals surface area contributed by atoms with E-state index in [1.165, 1.54) is 98.9 Å². The maximum absolute atomic E-state index is 5.04. The molecule has 0 unspecified atom stereocenters. The van der Waals surface area contributed by atoms with E-state index in [1.807, 2.05) is 0 Å². The van der Waals surface area contributed by atoms with Crippen LogP contribution in [-0.2, 0) is 5.41 Å². The van der Waals surface area contributed by atoms with Crippen molar-refractivity contribution < 1.29 is 0 Å². The van der Waals surface area contributed by atoms with E-state index in [-0.39, 0.29) is 21.7 Å². The van der Waals surface area contributed by atoms with Crippen LogP contribution < -0.4 is 0 Å². The van der Waals surface area contributed by atoms with Crippen molar-refractivity contribution in [1.29, 1.82) is 0 Å². The third kappa shape index (κ3) is 4.81. The lowest BCUT2D eigenvalue weighted by molar-refractivity contribution is -0.0371. The first kappa shape index (κ1) is 34.0. The van der Waals surface area contributed by atoms with Gasteiger partial charge in [0.1, 0.15) is 0 Å². The summed E-state index contributed by atoms with van der Waals surface area (Å²) in [6, 6.07) is 4.87. The topological polar surface area (TPSA) is 0 Å². The van der Waals surface area contributed by atoms with Crippen molar-refractivity contribution in [2.45, 2.75) is 145 Å². The SMILES string of the molecule is C=C(CC)C[C@@H]1[C@]2(C)C(=C(C)[C@@]3(C)C(=C)C(C(=C)CCC4CCCC4)=C(C)C[C@@]13C)C(=C)c1c(ccc(C(C)(C)C)c1C)[C@H]2C. The molecule has 0 N–H and O–H groups in total. The molecular weight excluding hydrogens is 540 g/mol. The van der Waals surface area contributed by atoms with Gasteiger partial charge < -0.3 is 0 Å². The minimum atomic E-state index is -0.193. The Kier molecular flexibility index (Phi) is 8.63. The molecule has 0 nitrogen and oxygen atoms in total. The third-order valence-electron chi connectivity index (χ3n) is 14.2. The van der Waals surface area contributed by atoms with Gasteiger partial charge in [-0.25, -0.2) is 0 Å². The highest BCUT2D eigenvalue weighted by molar-refractivity contribution is 5.88. The smallest absolute Gasteiger partial charge is 0.0197 e. The molecule has 0 radical (unpaired) electrons. The Bertz CT molecular complexity index is 1520. The third-order valence-corrected chi connectivity index (χ3v) is 14.2. The van der Waals surface area contributed by atoms with Gasteiger partial charge in [0, 0.05) is 10.8 Å². The molecule has 5 atom stereocenters. The van der Waals surface area contributed by atoms with Crippen molar-refractivity contribution in [3.05, 3.63) is 99.7 Å². The second kappa shape index (κ2) is 11.4. The van der Waals surface area contributed by atoms with Crippen LogP contribution in [0.15, 0.2) is 77.5 Å². The van der Waals surface area contributed by atoms with E-state index in [2.05, 4.69) is 94.9 Å². The quantitative estimate of drug-likeness (QED) is 0.272. The highest BCUT2D eigenvalue weighted by Crippen LogP contribution is 2.75. The largest absolute Gasteiger partial charge is 0.0999 e. The lowest BCUT2D eigenvalue weighted by atomic mass is 9.35. The number of hydrogen-bond acceptors (Lipinski definition) is 0. The molecule has 1 aromatic carbocycles. The zero-order chi connectivity index (χ0) is 33.4. The molecule has 4 aliphatic rings. The lowest BCUT2D eigenvalue weighted by Crippen LogP contribution is -2.59. The molecule has 0 saturated heterocycles. The first-order valence-corrected chi connectivity index (χ1v) is 18.2. The predicted octanol–water partition coefficient (Wildman–Crippen LogP) is 13.5. The monoisotopic (exact) mass is 605 g/mol. The average molecular weight is 605 g/mol. The van der Waals surface area contributed by atoms with Crippen LogP contribution in [0.4, 0.5) is 0 Å². The van der Waals surface area contributed by atoms with Crippen molar-refractivity contribution in [1.82, 2.24) is 0 Å². The fraction of sp³-hybridized carbons (Fsp3) is 0.600. The molecule has 1 fully saturated rings. The number of benzene rings is 1. The van der Waals surface area contributed by atoms with E-state index in [9.17, 15) is 0 Å². The molecule has 45 heavy (non-hydrogen) atoms. The highest BCUT2D eigenvalue weighted by atomic mass is 14.7. The van der Waals surface area contributed by atoms with Crippen LogP contribution in [0.5, 0.6) is 0 Å². The Morgan fingerprint density at radius 3 is 2.18 bits per heavy atom. The van der Waals surface area contributed by atoms with Crippen molar-refractivity contribution in [3.63, 3.8) is 0 Å². The van der Waals surface area contributed by atoms with Crippen molar-refractivity contribution in [2.75, 3.05) is 0 Å². The van der Waals surface area contributed by atoms with Gasteiger partial charge in [0.25, 0.3) is 0 Å². The van der Waals surface area contributed by atoms with Crippen LogP contribution >= 0.6 is 0 Å². The molecule has 244 valence electrons. The summed E-state index contributed by atoms with van der Waals surface area (Å²) >= 11 is 0. The summed E-state index contributed by atoms with van der Waals surface area (Å²) in [4.78, 5) is 0. The molecule has 0 spiro atoms. The van der Waals surface area contributed by atoms with Crippen molar-refractivity contribution in [3.8, 4) is 0 Å². The molecule has 1 aromatic rings. The van der Waals surface area contributed by atoms with E-state index >= 15 is 0 Å². The fourth-order valence-electron chi connectivity index (χ4n) is 11.3. The molecule has 1 saturated carbocycles. The van der Waals surface area contributed by atoms with Crippen LogP contribution in [0, 0.1) is 35.0 Å². The zero-order valence-electron chi connectivity index (χ0n) is 31.1. The molecule has 4 aliphatic carbocycles. The first-order chi connectivity index (χ1) is 20.9. The van der Waals surface area contributed by atoms with E-state index < -0.39 is 0 Å². The molecule has 0 heteroatoms. The Morgan fingerprint density at radius 1 is 0.978 bits per heavy atom. The van der Waals surface area contributed by atoms with Gasteiger partial charge in [-0.1, -0.05) is 136 Å². The predicted molar refractivity (Wildman–Crippen MR) is 199 cm³/mol. The maximum Gasteiger partial charge on any atom is 0.0197 e. The van der Waals surface area contributed by atoms with E-state index in [4.69, 9.17) is 19.7 Å². The van der Waals surface area contributed by atoms with E-state index in [0.29, 0.717) is 11.8 Å². The van der Waals surface area contributed by atoms with Gasteiger partial charge in [-0.2, -0.15) is 0 Å². The molecule has 0 heterocycles. The lowest BCUT2D eigenvalue weighted by Gasteiger charge is -2.68. The summed E-state index contributed by atoms with van der Waals surface area (Å²) < 4.78 is 0. The summed E-state index contributed by atoms with van der Waals surface area (Å²) in [7, 11) is 0. The van der Waals surface area contributed by atoms with Gasteiger partial charge in [-0.05, 0) is 132 Å². The summed E-state index contributed by atoms with van der Waals surface area (Å²) in [6.45, 7) is 46.2. The fourth-order valence-corrected chi connectivity index (χ4v) is 11.3. The molecular formula is C45H64. The molecule has 0 bridgehead atoms. The summed E-state index contributed by atoms with van der Waals surface area (Å²) in [5.74, 6) is 1.65. The number of fused-ring (bicyclic) bond motifs is 3. The Balaban J connectivity index is 1.74. The Morgan fingerprint density at radius 2 is 1.60 bits per heavy atom. The number of rotatable bonds is 7. The van der Waals surface area contributed by atoms with Gasteiger partial charge in [0.15, 0.2) is 0 Å². The van der Waals surface area contributed by atoms with Gasteiger partial charge in [-0.15, -0.1) is 0 Å². The van der Waals surface area contributed by atoms with Crippen LogP contribution in [-0.4, -0.2) is 0 Å². The molecule has 0 amide bonds. The summed E-state index contributed by atoms with van der Waals surface area (Å²) in [5, 5.41) is 0. The standard InChI is InChI=1S/C45H64/c1-16-27(2)25-38-43(13)26-29(4)39(28(3)21-22-35-19-17-18-20-35)33(8)45(43,15)34(9)41-31(6)40-30(5)37(42(10,11)12)24-23-36(40)32(7)44(38,41)14/h23-24,32,35,38H,2-3,6,8,16-22,25-26H2,1,4-5,7,9-15H3/t32-,38+,43+,44-,45-/m1/s1. The van der Waals surface area contributed by atoms with E-state index in [1.54, 1.807) is 0 Å². The molecule has 0 aliphatic heterocycles. The van der Waals surface area contributed by atoms with Crippen LogP contribution in [0.25, 0.3) is 5.57 Å². The first-order valence-electron chi connectivity index (χ1n) is 18.2. The summed E-state index contributed by atoms with van der Waals surface area (Å²) in [5.41, 5.74) is 16.7. The van der Waals surface area contributed by atoms with Crippen LogP contribution in [0.1, 0.15) is 155 Å². The van der Waals surface area contributed by atoms with Crippen molar-refractivity contribution >= 4 is 5.57 Å². The number of allylic oxidation sites excluding steroid dienone is 8. The summed E-state index contributed by atoms with van der Waals surface area (Å²) in [6.07, 6.45) is 11.1. The zero-order valence-corrected chi connectivity index (χ0v) is 31.1. The second-order valence-electron chi connectivity index (χ2n) is 17.4. The van der Waals surface area contributed by atoms with Gasteiger partial charge in [-0.3, -0.25) is 0 Å². The second-order valence-corrected chi connectivity index (χ2v) is 17.4. The van der Waals surface area contributed by atoms with E-state index in [0.717, 1.165) is 31.6 Å². The van der Waals surface area contributed by atoms with Crippen LogP contribution in [0.3, 0.4) is 0 Å². The van der Waals surface area contributed by atoms with Gasteiger partial charge in [0.2, 0.25) is 0 Å². The maximum atomic E-state index is 5.04. The minimum absolute atomic E-state index is 0.00369.